The summed E-state index contributed by atoms with van der Waals surface area (Å²) in [5.74, 6) is 1.05. The fraction of sp³-hybridized carbons (Fsp3) is 0.429. The number of nitrogens with zero attached hydrogens (tertiary/aromatic N) is 4. The first kappa shape index (κ1) is 19.8. The zero-order valence-corrected chi connectivity index (χ0v) is 16.6. The van der Waals surface area contributed by atoms with Gasteiger partial charge >= 0.3 is 0 Å². The van der Waals surface area contributed by atoms with Crippen molar-refractivity contribution >= 4 is 11.8 Å². The van der Waals surface area contributed by atoms with Crippen LogP contribution < -0.4 is 4.74 Å². The van der Waals surface area contributed by atoms with Gasteiger partial charge in [0.2, 0.25) is 0 Å². The number of hydrogen-bond donors (Lipinski definition) is 0. The Labute approximate surface area is 165 Å². The molecule has 1 aliphatic heterocycles. The third-order valence-corrected chi connectivity index (χ3v) is 4.86. The minimum absolute atomic E-state index is 0.0172. The molecule has 7 heteroatoms. The number of benzene rings is 1. The van der Waals surface area contributed by atoms with Gasteiger partial charge in [-0.15, -0.1) is 0 Å². The fourth-order valence-corrected chi connectivity index (χ4v) is 3.34. The number of likely N-dealkylation sites (tertiary alicyclic amines) is 1. The van der Waals surface area contributed by atoms with Crippen LogP contribution in [0.4, 0.5) is 0 Å². The maximum atomic E-state index is 12.8. The Morgan fingerprint density at radius 3 is 2.64 bits per heavy atom. The van der Waals surface area contributed by atoms with Gasteiger partial charge in [-0.2, -0.15) is 0 Å². The van der Waals surface area contributed by atoms with Crippen LogP contribution in [0.5, 0.6) is 5.75 Å². The van der Waals surface area contributed by atoms with Gasteiger partial charge in [0.25, 0.3) is 11.8 Å². The zero-order chi connectivity index (χ0) is 20.1. The summed E-state index contributed by atoms with van der Waals surface area (Å²) in [5.41, 5.74) is 1.11. The number of amides is 2. The SMILES string of the molecule is Cc1nc([C@H]2CCCCN2C(=O)COc2ccccc2)ncc1C(=O)N(C)C. The fourth-order valence-electron chi connectivity index (χ4n) is 3.34. The molecule has 2 heterocycles. The summed E-state index contributed by atoms with van der Waals surface area (Å²) in [7, 11) is 3.40. The lowest BCUT2D eigenvalue weighted by Crippen LogP contribution is -2.42. The molecule has 0 unspecified atom stereocenters. The van der Waals surface area contributed by atoms with E-state index in [1.165, 1.54) is 4.90 Å². The number of rotatable bonds is 5. The summed E-state index contributed by atoms with van der Waals surface area (Å²) in [6.07, 6.45) is 4.33. The summed E-state index contributed by atoms with van der Waals surface area (Å²) in [4.78, 5) is 37.3. The summed E-state index contributed by atoms with van der Waals surface area (Å²) < 4.78 is 5.62. The predicted octanol–water partition coefficient (Wildman–Crippen LogP) is 2.62. The second-order valence-electron chi connectivity index (χ2n) is 7.13. The predicted molar refractivity (Wildman–Crippen MR) is 105 cm³/mol. The maximum absolute atomic E-state index is 12.8. The monoisotopic (exact) mass is 382 g/mol. The second-order valence-corrected chi connectivity index (χ2v) is 7.13. The van der Waals surface area contributed by atoms with Crippen molar-refractivity contribution in [1.29, 1.82) is 0 Å². The zero-order valence-electron chi connectivity index (χ0n) is 16.6. The molecule has 0 N–H and O–H groups in total. The number of carbonyl (C=O) groups excluding carboxylic acids is 2. The molecule has 0 saturated carbocycles. The first-order chi connectivity index (χ1) is 13.5. The van der Waals surface area contributed by atoms with Crippen LogP contribution in [0.3, 0.4) is 0 Å². The van der Waals surface area contributed by atoms with Crippen molar-refractivity contribution in [2.24, 2.45) is 0 Å². The lowest BCUT2D eigenvalue weighted by atomic mass is 10.0. The largest absolute Gasteiger partial charge is 0.484 e. The molecule has 1 saturated heterocycles. The van der Waals surface area contributed by atoms with Crippen molar-refractivity contribution in [2.45, 2.75) is 32.2 Å². The van der Waals surface area contributed by atoms with Gasteiger partial charge in [0.1, 0.15) is 5.75 Å². The molecular formula is C21H26N4O3. The lowest BCUT2D eigenvalue weighted by Gasteiger charge is -2.34. The van der Waals surface area contributed by atoms with Crippen molar-refractivity contribution in [1.82, 2.24) is 19.8 Å². The van der Waals surface area contributed by atoms with Crippen molar-refractivity contribution in [3.63, 3.8) is 0 Å². The molecule has 148 valence electrons. The van der Waals surface area contributed by atoms with E-state index in [9.17, 15) is 9.59 Å². The number of piperidine rings is 1. The van der Waals surface area contributed by atoms with Crippen LogP contribution in [0, 0.1) is 6.92 Å². The molecule has 28 heavy (non-hydrogen) atoms. The summed E-state index contributed by atoms with van der Waals surface area (Å²) in [6, 6.07) is 9.11. The summed E-state index contributed by atoms with van der Waals surface area (Å²) in [6.45, 7) is 2.44. The topological polar surface area (TPSA) is 75.6 Å². The van der Waals surface area contributed by atoms with E-state index in [4.69, 9.17) is 4.74 Å². The van der Waals surface area contributed by atoms with E-state index < -0.39 is 0 Å². The number of carbonyl (C=O) groups is 2. The molecule has 0 aliphatic carbocycles. The van der Waals surface area contributed by atoms with Crippen LogP contribution in [0.1, 0.15) is 47.2 Å². The van der Waals surface area contributed by atoms with Crippen molar-refractivity contribution in [2.75, 3.05) is 27.2 Å². The lowest BCUT2D eigenvalue weighted by molar-refractivity contribution is -0.137. The molecule has 1 aromatic heterocycles. The van der Waals surface area contributed by atoms with E-state index >= 15 is 0 Å². The molecule has 0 radical (unpaired) electrons. The van der Waals surface area contributed by atoms with Crippen LogP contribution in [0.2, 0.25) is 0 Å². The quantitative estimate of drug-likeness (QED) is 0.795. The van der Waals surface area contributed by atoms with Gasteiger partial charge in [0, 0.05) is 26.8 Å². The molecule has 2 aromatic rings. The molecular weight excluding hydrogens is 356 g/mol. The molecule has 2 amide bonds. The van der Waals surface area contributed by atoms with Gasteiger partial charge in [-0.1, -0.05) is 18.2 Å². The number of para-hydroxylation sites is 1. The Kier molecular flexibility index (Phi) is 6.23. The Balaban J connectivity index is 1.74. The number of aromatic nitrogens is 2. The normalized spacial score (nSPS) is 16.5. The van der Waals surface area contributed by atoms with E-state index in [-0.39, 0.29) is 24.5 Å². The molecule has 7 nitrogen and oxygen atoms in total. The van der Waals surface area contributed by atoms with Crippen LogP contribution in [0.15, 0.2) is 36.5 Å². The van der Waals surface area contributed by atoms with Gasteiger partial charge < -0.3 is 14.5 Å². The molecule has 1 atom stereocenters. The van der Waals surface area contributed by atoms with Gasteiger partial charge in [-0.3, -0.25) is 9.59 Å². The van der Waals surface area contributed by atoms with E-state index in [1.807, 2.05) is 30.3 Å². The van der Waals surface area contributed by atoms with Crippen LogP contribution in [-0.4, -0.2) is 58.8 Å². The van der Waals surface area contributed by atoms with Crippen molar-refractivity contribution in [3.05, 3.63) is 53.6 Å². The number of ether oxygens (including phenoxy) is 1. The molecule has 1 aliphatic rings. The number of aryl methyl sites for hydroxylation is 1. The average molecular weight is 382 g/mol. The Bertz CT molecular complexity index is 839. The van der Waals surface area contributed by atoms with Crippen molar-refractivity contribution in [3.8, 4) is 5.75 Å². The number of hydrogen-bond acceptors (Lipinski definition) is 5. The highest BCUT2D eigenvalue weighted by molar-refractivity contribution is 5.94. The van der Waals surface area contributed by atoms with Gasteiger partial charge in [0.05, 0.1) is 17.3 Å². The van der Waals surface area contributed by atoms with Gasteiger partial charge in [0.15, 0.2) is 12.4 Å². The molecule has 1 fully saturated rings. The first-order valence-corrected chi connectivity index (χ1v) is 9.50. The molecule has 0 spiro atoms. The molecule has 1 aromatic carbocycles. The smallest absolute Gasteiger partial charge is 0.261 e. The second kappa shape index (κ2) is 8.82. The third kappa shape index (κ3) is 4.47. The third-order valence-electron chi connectivity index (χ3n) is 4.86. The Morgan fingerprint density at radius 2 is 1.96 bits per heavy atom. The summed E-state index contributed by atoms with van der Waals surface area (Å²) >= 11 is 0. The van der Waals surface area contributed by atoms with Gasteiger partial charge in [-0.25, -0.2) is 9.97 Å². The van der Waals surface area contributed by atoms with E-state index in [1.54, 1.807) is 32.1 Å². The van der Waals surface area contributed by atoms with E-state index in [2.05, 4.69) is 9.97 Å². The maximum Gasteiger partial charge on any atom is 0.261 e. The van der Waals surface area contributed by atoms with Gasteiger partial charge in [-0.05, 0) is 38.3 Å². The summed E-state index contributed by atoms with van der Waals surface area (Å²) in [5, 5.41) is 0. The highest BCUT2D eigenvalue weighted by Crippen LogP contribution is 2.29. The van der Waals surface area contributed by atoms with E-state index in [0.29, 0.717) is 29.4 Å². The Morgan fingerprint density at radius 1 is 1.21 bits per heavy atom. The molecule has 3 rings (SSSR count). The highest BCUT2D eigenvalue weighted by Gasteiger charge is 2.30. The Hall–Kier alpha value is -2.96. The standard InChI is InChI=1S/C21H26N4O3/c1-15-17(21(27)24(2)3)13-22-20(23-15)18-11-7-8-12-25(18)19(26)14-28-16-9-5-4-6-10-16/h4-6,9-10,13,18H,7-8,11-12,14H2,1-3H3/t18-/m1/s1. The van der Waals surface area contributed by atoms with Crippen LogP contribution in [-0.2, 0) is 4.79 Å². The van der Waals surface area contributed by atoms with Crippen LogP contribution in [0.25, 0.3) is 0 Å². The molecule has 0 bridgehead atoms. The van der Waals surface area contributed by atoms with Crippen molar-refractivity contribution < 1.29 is 14.3 Å². The van der Waals surface area contributed by atoms with Crippen LogP contribution >= 0.6 is 0 Å². The minimum Gasteiger partial charge on any atom is -0.484 e. The average Bonchev–Trinajstić information content (AvgIpc) is 2.72. The van der Waals surface area contributed by atoms with E-state index in [0.717, 1.165) is 19.3 Å². The minimum atomic E-state index is -0.192. The highest BCUT2D eigenvalue weighted by atomic mass is 16.5. The first-order valence-electron chi connectivity index (χ1n) is 9.50.